The van der Waals surface area contributed by atoms with Crippen LogP contribution in [0.5, 0.6) is 0 Å². The second-order valence-corrected chi connectivity index (χ2v) is 7.07. The summed E-state index contributed by atoms with van der Waals surface area (Å²) in [5, 5.41) is 0. The number of quaternary nitrogens is 1. The van der Waals surface area contributed by atoms with Crippen LogP contribution in [-0.4, -0.2) is 38.3 Å². The van der Waals surface area contributed by atoms with Gasteiger partial charge in [-0.05, 0) is 6.42 Å². The average molecular weight is 289 g/mol. The van der Waals surface area contributed by atoms with Crippen LogP contribution >= 0.6 is 9.47 Å². The van der Waals surface area contributed by atoms with Crippen LogP contribution in [0.2, 0.25) is 0 Å². The summed E-state index contributed by atoms with van der Waals surface area (Å²) in [7, 11) is 9.88. The van der Waals surface area contributed by atoms with Gasteiger partial charge in [-0.2, -0.15) is 0 Å². The lowest BCUT2D eigenvalue weighted by molar-refractivity contribution is -0.873. The Bertz CT molecular complexity index is 192. The molecule has 0 aromatic carbocycles. The molecule has 0 fully saturated rings. The minimum absolute atomic E-state index is 0.348. The maximum atomic E-state index is 5.39. The quantitative estimate of drug-likeness (QED) is 0.262. The Morgan fingerprint density at radius 2 is 1.32 bits per heavy atom. The predicted molar refractivity (Wildman–Crippen MR) is 87.9 cm³/mol. The molecule has 0 spiro atoms. The van der Waals surface area contributed by atoms with E-state index in [2.05, 4.69) is 37.5 Å². The van der Waals surface area contributed by atoms with Crippen LogP contribution in [0.3, 0.4) is 0 Å². The number of hydrogen-bond acceptors (Lipinski definition) is 1. The number of hydrogen-bond donors (Lipinski definition) is 0. The van der Waals surface area contributed by atoms with Crippen molar-refractivity contribution < 1.29 is 9.01 Å². The zero-order chi connectivity index (χ0) is 14.6. The maximum absolute atomic E-state index is 5.39. The maximum Gasteiger partial charge on any atom is 0.102 e. The Morgan fingerprint density at radius 1 is 0.842 bits per heavy atom. The molecule has 0 heterocycles. The van der Waals surface area contributed by atoms with Crippen LogP contribution in [0.1, 0.15) is 71.1 Å². The second-order valence-electron chi connectivity index (χ2n) is 6.83. The molecule has 19 heavy (non-hydrogen) atoms. The first-order valence-electron chi connectivity index (χ1n) is 8.12. The highest BCUT2D eigenvalue weighted by atomic mass is 31.0. The first-order chi connectivity index (χ1) is 8.99. The first kappa shape index (κ1) is 19.4. The molecule has 0 aromatic rings. The largest absolute Gasteiger partial charge is 0.554 e. The molecule has 0 aliphatic heterocycles. The summed E-state index contributed by atoms with van der Waals surface area (Å²) in [4.78, 5) is 0. The van der Waals surface area contributed by atoms with E-state index in [-0.39, 0.29) is 0 Å². The highest BCUT2D eigenvalue weighted by molar-refractivity contribution is 7.09. The van der Waals surface area contributed by atoms with Gasteiger partial charge in [-0.25, -0.2) is 0 Å². The fourth-order valence-electron chi connectivity index (χ4n) is 2.48. The van der Waals surface area contributed by atoms with E-state index in [0.717, 1.165) is 11.0 Å². The smallest absolute Gasteiger partial charge is 0.102 e. The van der Waals surface area contributed by atoms with Gasteiger partial charge in [0.1, 0.15) is 6.54 Å². The molecule has 0 rings (SSSR count). The van der Waals surface area contributed by atoms with Gasteiger partial charge < -0.3 is 18.5 Å². The van der Waals surface area contributed by atoms with Gasteiger partial charge in [0.05, 0.1) is 27.2 Å². The van der Waals surface area contributed by atoms with Crippen molar-refractivity contribution in [3.05, 3.63) is 0 Å². The van der Waals surface area contributed by atoms with Crippen LogP contribution in [0.15, 0.2) is 0 Å². The summed E-state index contributed by atoms with van der Waals surface area (Å²) in [6.45, 7) is 3.35. The lowest BCUT2D eigenvalue weighted by atomic mass is 10.0. The standard InChI is InChI=1S/C16H36NOP/c1-5-6-7-8-9-10-11-12-13-14-16(18-19)15-17(2,3)4/h16,19H,5-15H2,1-4H3. The van der Waals surface area contributed by atoms with Crippen LogP contribution in [-0.2, 0) is 4.52 Å². The minimum Gasteiger partial charge on any atom is -0.554 e. The monoisotopic (exact) mass is 289 g/mol. The van der Waals surface area contributed by atoms with Crippen LogP contribution in [0.4, 0.5) is 0 Å². The van der Waals surface area contributed by atoms with Crippen molar-refractivity contribution in [1.29, 1.82) is 0 Å². The van der Waals surface area contributed by atoms with Gasteiger partial charge in [0.2, 0.25) is 0 Å². The number of nitrogens with zero attached hydrogens (tertiary/aromatic N) is 1. The number of likely N-dealkylation sites (N-methyl/N-ethyl adjacent to an activating group) is 1. The molecule has 0 saturated heterocycles. The van der Waals surface area contributed by atoms with Crippen LogP contribution in [0.25, 0.3) is 0 Å². The Labute approximate surface area is 124 Å². The van der Waals surface area contributed by atoms with Gasteiger partial charge in [0.25, 0.3) is 0 Å². The van der Waals surface area contributed by atoms with Crippen molar-refractivity contribution in [1.82, 2.24) is 0 Å². The molecule has 0 aliphatic carbocycles. The molecule has 0 radical (unpaired) electrons. The first-order valence-corrected chi connectivity index (χ1v) is 8.53. The Morgan fingerprint density at radius 3 is 1.74 bits per heavy atom. The third-order valence-electron chi connectivity index (χ3n) is 3.55. The molecule has 0 N–H and O–H groups in total. The van der Waals surface area contributed by atoms with E-state index in [4.69, 9.17) is 4.52 Å². The normalized spacial score (nSPS) is 13.7. The van der Waals surface area contributed by atoms with Gasteiger partial charge in [-0.1, -0.05) is 64.7 Å². The molecule has 3 heteroatoms. The lowest BCUT2D eigenvalue weighted by Crippen LogP contribution is -2.41. The van der Waals surface area contributed by atoms with E-state index in [1.807, 2.05) is 0 Å². The zero-order valence-electron chi connectivity index (χ0n) is 13.7. The fraction of sp³-hybridized carbons (Fsp3) is 1.00. The Kier molecular flexibility index (Phi) is 12.3. The molecule has 1 unspecified atom stereocenters. The minimum atomic E-state index is 0.348. The van der Waals surface area contributed by atoms with E-state index in [0.29, 0.717) is 6.10 Å². The van der Waals surface area contributed by atoms with Crippen LogP contribution < -0.4 is 0 Å². The van der Waals surface area contributed by atoms with E-state index >= 15 is 0 Å². The second kappa shape index (κ2) is 12.1. The molecule has 0 bridgehead atoms. The van der Waals surface area contributed by atoms with Gasteiger partial charge in [-0.15, -0.1) is 0 Å². The molecule has 116 valence electrons. The van der Waals surface area contributed by atoms with Gasteiger partial charge in [0, 0.05) is 0 Å². The average Bonchev–Trinajstić information content (AvgIpc) is 2.34. The molecule has 1 atom stereocenters. The molecular weight excluding hydrogens is 253 g/mol. The van der Waals surface area contributed by atoms with E-state index < -0.39 is 0 Å². The summed E-state index contributed by atoms with van der Waals surface area (Å²) >= 11 is 0. The van der Waals surface area contributed by atoms with E-state index in [9.17, 15) is 0 Å². The topological polar surface area (TPSA) is 9.23 Å². The van der Waals surface area contributed by atoms with E-state index in [1.165, 1.54) is 64.2 Å². The molecule has 0 aromatic heterocycles. The summed E-state index contributed by atoms with van der Waals surface area (Å²) in [5.41, 5.74) is 0. The van der Waals surface area contributed by atoms with Crippen LogP contribution in [0, 0.1) is 0 Å². The number of rotatable bonds is 13. The summed E-state index contributed by atoms with van der Waals surface area (Å²) < 4.78 is 6.35. The van der Waals surface area contributed by atoms with Crippen molar-refractivity contribution in [2.45, 2.75) is 77.2 Å². The van der Waals surface area contributed by atoms with Crippen molar-refractivity contribution in [3.63, 3.8) is 0 Å². The molecule has 0 aliphatic rings. The van der Waals surface area contributed by atoms with Gasteiger partial charge >= 0.3 is 0 Å². The third-order valence-corrected chi connectivity index (χ3v) is 3.88. The SMILES string of the molecule is CCCCCCCCCCCC(C[N+](C)(C)C)O[PH-]. The lowest BCUT2D eigenvalue weighted by Gasteiger charge is -2.31. The predicted octanol–water partition coefficient (Wildman–Crippen LogP) is 5.06. The molecule has 2 nitrogen and oxygen atoms in total. The molecule has 0 saturated carbocycles. The van der Waals surface area contributed by atoms with E-state index in [1.54, 1.807) is 0 Å². The Hall–Kier alpha value is 0.350. The highest BCUT2D eigenvalue weighted by Gasteiger charge is 2.14. The van der Waals surface area contributed by atoms with Crippen molar-refractivity contribution in [3.8, 4) is 0 Å². The number of unbranched alkanes of at least 4 members (excludes halogenated alkanes) is 8. The summed E-state index contributed by atoms with van der Waals surface area (Å²) in [5.74, 6) is 0. The van der Waals surface area contributed by atoms with Gasteiger partial charge in [-0.3, -0.25) is 0 Å². The van der Waals surface area contributed by atoms with Crippen molar-refractivity contribution in [2.75, 3.05) is 27.7 Å². The van der Waals surface area contributed by atoms with Gasteiger partial charge in [0.15, 0.2) is 0 Å². The van der Waals surface area contributed by atoms with Crippen molar-refractivity contribution in [2.24, 2.45) is 0 Å². The Balaban J connectivity index is 3.36. The molecule has 0 amide bonds. The summed E-state index contributed by atoms with van der Waals surface area (Å²) in [6.07, 6.45) is 14.0. The third kappa shape index (κ3) is 14.6. The van der Waals surface area contributed by atoms with Crippen molar-refractivity contribution >= 4 is 9.47 Å². The highest BCUT2D eigenvalue weighted by Crippen LogP contribution is 2.15. The zero-order valence-corrected chi connectivity index (χ0v) is 14.7. The molecular formula is C16H36NOP. The summed E-state index contributed by atoms with van der Waals surface area (Å²) in [6, 6.07) is 0. The fourth-order valence-corrected chi connectivity index (χ4v) is 2.67.